The second kappa shape index (κ2) is 5.87. The van der Waals surface area contributed by atoms with Crippen LogP contribution in [0.15, 0.2) is 18.2 Å². The first-order chi connectivity index (χ1) is 9.28. The lowest BCUT2D eigenvalue weighted by molar-refractivity contribution is 0.0292. The van der Waals surface area contributed by atoms with E-state index in [1.807, 2.05) is 49.4 Å². The number of nitrogens with zero attached hydrogens (tertiary/aromatic N) is 1. The van der Waals surface area contributed by atoms with Gasteiger partial charge in [0.15, 0.2) is 0 Å². The minimum absolute atomic E-state index is 0.0530. The molecule has 1 aromatic carbocycles. The molecule has 1 atom stereocenters. The summed E-state index contributed by atoms with van der Waals surface area (Å²) in [4.78, 5) is 13.7. The quantitative estimate of drug-likeness (QED) is 0.674. The number of halogens is 2. The Balaban J connectivity index is 2.06. The predicted molar refractivity (Wildman–Crippen MR) is 84.3 cm³/mol. The molecule has 0 bridgehead atoms. The third-order valence-electron chi connectivity index (χ3n) is 3.26. The van der Waals surface area contributed by atoms with Crippen LogP contribution in [0.4, 0.5) is 9.18 Å². The Labute approximate surface area is 132 Å². The highest BCUT2D eigenvalue weighted by Crippen LogP contribution is 2.31. The summed E-state index contributed by atoms with van der Waals surface area (Å²) in [5, 5.41) is 0. The van der Waals surface area contributed by atoms with Crippen molar-refractivity contribution in [2.75, 3.05) is 13.1 Å². The van der Waals surface area contributed by atoms with Gasteiger partial charge in [0.25, 0.3) is 0 Å². The van der Waals surface area contributed by atoms with Crippen molar-refractivity contribution in [1.29, 1.82) is 0 Å². The first-order valence-corrected chi connectivity index (χ1v) is 7.77. The zero-order chi connectivity index (χ0) is 14.9. The molecule has 0 spiro atoms. The van der Waals surface area contributed by atoms with Crippen LogP contribution in [-0.2, 0) is 4.74 Å². The van der Waals surface area contributed by atoms with Crippen molar-refractivity contribution in [3.8, 4) is 0 Å². The number of carbonyl (C=O) groups is 1. The van der Waals surface area contributed by atoms with Gasteiger partial charge in [-0.1, -0.05) is 12.1 Å². The van der Waals surface area contributed by atoms with Gasteiger partial charge in [-0.15, -0.1) is 0 Å². The highest BCUT2D eigenvalue weighted by Gasteiger charge is 2.31. The van der Waals surface area contributed by atoms with Gasteiger partial charge in [0.2, 0.25) is 0 Å². The summed E-state index contributed by atoms with van der Waals surface area (Å²) in [5.41, 5.74) is 0.200. The first kappa shape index (κ1) is 15.5. The summed E-state index contributed by atoms with van der Waals surface area (Å²) < 4.78 is 20.1. The lowest BCUT2D eigenvalue weighted by Crippen LogP contribution is -2.35. The molecular formula is C15H19FINO2. The van der Waals surface area contributed by atoms with Gasteiger partial charge >= 0.3 is 6.09 Å². The molecule has 1 unspecified atom stereocenters. The molecule has 0 radical (unpaired) electrons. The van der Waals surface area contributed by atoms with Crippen LogP contribution in [0.25, 0.3) is 0 Å². The van der Waals surface area contributed by atoms with Crippen molar-refractivity contribution in [3.63, 3.8) is 0 Å². The van der Waals surface area contributed by atoms with Gasteiger partial charge in [-0.05, 0) is 61.4 Å². The Morgan fingerprint density at radius 3 is 2.80 bits per heavy atom. The number of benzene rings is 1. The molecule has 1 fully saturated rings. The monoisotopic (exact) mass is 391 g/mol. The second-order valence-electron chi connectivity index (χ2n) is 6.06. The van der Waals surface area contributed by atoms with E-state index >= 15 is 0 Å². The van der Waals surface area contributed by atoms with Gasteiger partial charge < -0.3 is 9.64 Å². The number of hydrogen-bond donors (Lipinski definition) is 0. The van der Waals surface area contributed by atoms with Crippen molar-refractivity contribution in [3.05, 3.63) is 33.1 Å². The second-order valence-corrected chi connectivity index (χ2v) is 7.22. The summed E-state index contributed by atoms with van der Waals surface area (Å²) in [5.74, 6) is -0.110. The predicted octanol–water partition coefficient (Wildman–Crippen LogP) is 4.15. The van der Waals surface area contributed by atoms with Crippen LogP contribution in [0, 0.1) is 9.39 Å². The largest absolute Gasteiger partial charge is 0.444 e. The Morgan fingerprint density at radius 1 is 1.45 bits per heavy atom. The van der Waals surface area contributed by atoms with Gasteiger partial charge in [0, 0.05) is 22.6 Å². The van der Waals surface area contributed by atoms with Crippen LogP contribution < -0.4 is 0 Å². The van der Waals surface area contributed by atoms with E-state index in [1.165, 1.54) is 0 Å². The molecule has 0 N–H and O–H groups in total. The van der Waals surface area contributed by atoms with Crippen molar-refractivity contribution < 1.29 is 13.9 Å². The fourth-order valence-electron chi connectivity index (χ4n) is 2.34. The van der Waals surface area contributed by atoms with E-state index in [0.29, 0.717) is 22.2 Å². The normalized spacial score (nSPS) is 19.2. The molecule has 0 aliphatic carbocycles. The molecule has 5 heteroatoms. The molecule has 1 aromatic rings. The Bertz CT molecular complexity index is 513. The summed E-state index contributed by atoms with van der Waals surface area (Å²) in [6.07, 6.45) is 0.460. The highest BCUT2D eigenvalue weighted by atomic mass is 127. The summed E-state index contributed by atoms with van der Waals surface area (Å²) in [7, 11) is 0. The van der Waals surface area contributed by atoms with E-state index in [-0.39, 0.29) is 17.8 Å². The van der Waals surface area contributed by atoms with Crippen molar-refractivity contribution in [2.45, 2.75) is 38.7 Å². The lowest BCUT2D eigenvalue weighted by atomic mass is 9.98. The molecule has 0 aromatic heterocycles. The van der Waals surface area contributed by atoms with E-state index in [0.717, 1.165) is 6.42 Å². The third-order valence-corrected chi connectivity index (χ3v) is 4.09. The van der Waals surface area contributed by atoms with Gasteiger partial charge in [-0.25, -0.2) is 9.18 Å². The zero-order valence-electron chi connectivity index (χ0n) is 12.0. The molecule has 110 valence electrons. The van der Waals surface area contributed by atoms with Gasteiger partial charge in [-0.3, -0.25) is 0 Å². The number of hydrogen-bond acceptors (Lipinski definition) is 2. The molecule has 3 nitrogen and oxygen atoms in total. The smallest absolute Gasteiger partial charge is 0.410 e. The minimum atomic E-state index is -0.497. The van der Waals surface area contributed by atoms with E-state index in [9.17, 15) is 9.18 Å². The van der Waals surface area contributed by atoms with Crippen molar-refractivity contribution in [1.82, 2.24) is 4.90 Å². The fraction of sp³-hybridized carbons (Fsp3) is 0.533. The van der Waals surface area contributed by atoms with Gasteiger partial charge in [0.1, 0.15) is 11.4 Å². The van der Waals surface area contributed by atoms with E-state index in [1.54, 1.807) is 17.0 Å². The molecule has 1 aliphatic heterocycles. The number of rotatable bonds is 1. The SMILES string of the molecule is CC(C)(C)OC(=O)N1CCC(c2cccc(I)c2F)C1. The number of ether oxygens (including phenoxy) is 1. The van der Waals surface area contributed by atoms with Crippen LogP contribution in [-0.4, -0.2) is 29.7 Å². The molecule has 1 amide bonds. The fourth-order valence-corrected chi connectivity index (χ4v) is 2.86. The Hall–Kier alpha value is -0.850. The topological polar surface area (TPSA) is 29.5 Å². The highest BCUT2D eigenvalue weighted by molar-refractivity contribution is 14.1. The van der Waals surface area contributed by atoms with Crippen LogP contribution in [0.2, 0.25) is 0 Å². The van der Waals surface area contributed by atoms with E-state index in [4.69, 9.17) is 4.74 Å². The first-order valence-electron chi connectivity index (χ1n) is 6.70. The molecule has 0 saturated carbocycles. The maximum atomic E-state index is 14.1. The zero-order valence-corrected chi connectivity index (χ0v) is 14.1. The Kier molecular flexibility index (Phi) is 4.56. The maximum Gasteiger partial charge on any atom is 0.410 e. The van der Waals surface area contributed by atoms with E-state index < -0.39 is 5.60 Å². The van der Waals surface area contributed by atoms with Crippen LogP contribution in [0.1, 0.15) is 38.7 Å². The molecule has 1 aliphatic rings. The molecule has 2 rings (SSSR count). The molecule has 1 saturated heterocycles. The summed E-state index contributed by atoms with van der Waals surface area (Å²) >= 11 is 1.99. The average Bonchev–Trinajstić information content (AvgIpc) is 2.80. The molecular weight excluding hydrogens is 372 g/mol. The van der Waals surface area contributed by atoms with Gasteiger partial charge in [-0.2, -0.15) is 0 Å². The lowest BCUT2D eigenvalue weighted by Gasteiger charge is -2.24. The molecule has 20 heavy (non-hydrogen) atoms. The maximum absolute atomic E-state index is 14.1. The van der Waals surface area contributed by atoms with Crippen molar-refractivity contribution in [2.24, 2.45) is 0 Å². The van der Waals surface area contributed by atoms with Crippen molar-refractivity contribution >= 4 is 28.7 Å². The average molecular weight is 391 g/mol. The Morgan fingerprint density at radius 2 is 2.15 bits per heavy atom. The number of likely N-dealkylation sites (tertiary alicyclic amines) is 1. The third kappa shape index (κ3) is 3.62. The van der Waals surface area contributed by atoms with Crippen LogP contribution in [0.3, 0.4) is 0 Å². The standard InChI is InChI=1S/C15H19FINO2/c1-15(2,3)20-14(19)18-8-7-10(9-18)11-5-4-6-12(17)13(11)16/h4-6,10H,7-9H2,1-3H3. The number of amides is 1. The van der Waals surface area contributed by atoms with Crippen LogP contribution >= 0.6 is 22.6 Å². The minimum Gasteiger partial charge on any atom is -0.444 e. The molecule has 1 heterocycles. The van der Waals surface area contributed by atoms with E-state index in [2.05, 4.69) is 0 Å². The summed E-state index contributed by atoms with van der Waals surface area (Å²) in [6.45, 7) is 6.67. The number of carbonyl (C=O) groups excluding carboxylic acids is 1. The summed E-state index contributed by atoms with van der Waals surface area (Å²) in [6, 6.07) is 5.41. The van der Waals surface area contributed by atoms with Gasteiger partial charge in [0.05, 0.1) is 0 Å². The van der Waals surface area contributed by atoms with Crippen LogP contribution in [0.5, 0.6) is 0 Å².